The van der Waals surface area contributed by atoms with Gasteiger partial charge in [0.1, 0.15) is 29.8 Å². The number of nitrogens with one attached hydrogen (secondary N) is 1. The van der Waals surface area contributed by atoms with Gasteiger partial charge in [-0.15, -0.1) is 0 Å². The molecule has 4 aromatic rings. The van der Waals surface area contributed by atoms with Crippen LogP contribution >= 0.6 is 0 Å². The number of anilines is 4. The van der Waals surface area contributed by atoms with Gasteiger partial charge in [-0.3, -0.25) is 0 Å². The van der Waals surface area contributed by atoms with Crippen LogP contribution in [0.2, 0.25) is 0 Å². The third kappa shape index (κ3) is 5.07. The van der Waals surface area contributed by atoms with Gasteiger partial charge in [-0.25, -0.2) is 24.3 Å². The van der Waals surface area contributed by atoms with Gasteiger partial charge in [-0.1, -0.05) is 6.07 Å². The monoisotopic (exact) mass is 542 g/mol. The molecule has 206 valence electrons. The van der Waals surface area contributed by atoms with Crippen LogP contribution in [0.1, 0.15) is 12.8 Å². The molecule has 6 rings (SSSR count). The summed E-state index contributed by atoms with van der Waals surface area (Å²) in [6.45, 7) is 3.03. The maximum atomic E-state index is 14.7. The van der Waals surface area contributed by atoms with Crippen molar-refractivity contribution in [1.82, 2.24) is 19.9 Å². The first-order valence-corrected chi connectivity index (χ1v) is 13.3. The van der Waals surface area contributed by atoms with Gasteiger partial charge in [0.2, 0.25) is 0 Å². The largest absolute Gasteiger partial charge is 0.496 e. The molecule has 10 nitrogen and oxygen atoms in total. The topological polar surface area (TPSA) is 115 Å². The van der Waals surface area contributed by atoms with Crippen LogP contribution in [0.4, 0.5) is 27.5 Å². The molecule has 1 atom stereocenters. The number of rotatable bonds is 6. The maximum Gasteiger partial charge on any atom is 0.171 e. The first-order valence-electron chi connectivity index (χ1n) is 13.3. The Kier molecular flexibility index (Phi) is 7.04. The highest BCUT2D eigenvalue weighted by atomic mass is 19.1. The van der Waals surface area contributed by atoms with Crippen molar-refractivity contribution in [3.05, 3.63) is 60.8 Å². The number of nitrogens with two attached hydrogens (primary N) is 1. The average Bonchev–Trinajstić information content (AvgIpc) is 2.97. The number of piperidine rings is 1. The quantitative estimate of drug-likeness (QED) is 0.366. The Labute approximate surface area is 232 Å². The molecule has 0 spiro atoms. The molecular weight excluding hydrogens is 511 g/mol. The first kappa shape index (κ1) is 25.8. The van der Waals surface area contributed by atoms with Gasteiger partial charge in [0.25, 0.3) is 0 Å². The Morgan fingerprint density at radius 3 is 2.85 bits per heavy atom. The molecule has 1 aromatic carbocycles. The molecule has 5 heterocycles. The lowest BCUT2D eigenvalue weighted by Gasteiger charge is -2.34. The van der Waals surface area contributed by atoms with E-state index in [0.717, 1.165) is 60.9 Å². The Hall–Kier alpha value is -4.51. The zero-order valence-corrected chi connectivity index (χ0v) is 22.5. The summed E-state index contributed by atoms with van der Waals surface area (Å²) in [7, 11) is 3.50. The van der Waals surface area contributed by atoms with E-state index in [2.05, 4.69) is 30.1 Å². The number of likely N-dealkylation sites (N-methyl/N-ethyl adjacent to an activating group) is 1. The fraction of sp³-hybridized carbons (Fsp3) is 0.310. The number of ether oxygens (including phenoxy) is 2. The van der Waals surface area contributed by atoms with Crippen molar-refractivity contribution >= 4 is 23.1 Å². The number of hydrogen-bond donors (Lipinski definition) is 2. The van der Waals surface area contributed by atoms with Crippen molar-refractivity contribution < 1.29 is 13.9 Å². The van der Waals surface area contributed by atoms with Gasteiger partial charge in [-0.2, -0.15) is 0 Å². The second-order valence-electron chi connectivity index (χ2n) is 9.96. The SMILES string of the molecule is COc1cccc(F)c1-c1nccc(Nc2cc(N3CCC[C@H](N)C3)c(-c3cnc4c(c3)OCCN4C)cn2)n1. The molecule has 0 amide bonds. The summed E-state index contributed by atoms with van der Waals surface area (Å²) in [5.74, 6) is 2.76. The molecule has 0 unspecified atom stereocenters. The van der Waals surface area contributed by atoms with Gasteiger partial charge >= 0.3 is 0 Å². The summed E-state index contributed by atoms with van der Waals surface area (Å²) >= 11 is 0. The van der Waals surface area contributed by atoms with E-state index < -0.39 is 5.82 Å². The molecule has 2 aliphatic heterocycles. The lowest BCUT2D eigenvalue weighted by Crippen LogP contribution is -2.43. The number of benzene rings is 1. The highest BCUT2D eigenvalue weighted by Crippen LogP contribution is 2.38. The summed E-state index contributed by atoms with van der Waals surface area (Å²) in [6.07, 6.45) is 7.26. The Bertz CT molecular complexity index is 1530. The van der Waals surface area contributed by atoms with E-state index >= 15 is 0 Å². The second kappa shape index (κ2) is 10.9. The van der Waals surface area contributed by atoms with Gasteiger partial charge in [0.15, 0.2) is 17.4 Å². The van der Waals surface area contributed by atoms with Gasteiger partial charge < -0.3 is 30.3 Å². The predicted molar refractivity (Wildman–Crippen MR) is 153 cm³/mol. The van der Waals surface area contributed by atoms with Crippen molar-refractivity contribution in [2.75, 3.05) is 55.5 Å². The molecule has 0 saturated carbocycles. The molecule has 40 heavy (non-hydrogen) atoms. The maximum absolute atomic E-state index is 14.7. The summed E-state index contributed by atoms with van der Waals surface area (Å²) in [4.78, 5) is 22.6. The van der Waals surface area contributed by atoms with Crippen LogP contribution in [-0.2, 0) is 0 Å². The van der Waals surface area contributed by atoms with Crippen molar-refractivity contribution in [1.29, 1.82) is 0 Å². The van der Waals surface area contributed by atoms with E-state index in [1.54, 1.807) is 24.4 Å². The van der Waals surface area contributed by atoms with Crippen LogP contribution < -0.4 is 30.3 Å². The van der Waals surface area contributed by atoms with E-state index in [0.29, 0.717) is 24.0 Å². The van der Waals surface area contributed by atoms with Crippen molar-refractivity contribution in [3.8, 4) is 34.0 Å². The third-order valence-corrected chi connectivity index (χ3v) is 7.20. The number of fused-ring (bicyclic) bond motifs is 1. The lowest BCUT2D eigenvalue weighted by molar-refractivity contribution is 0.309. The minimum Gasteiger partial charge on any atom is -0.496 e. The number of aromatic nitrogens is 4. The van der Waals surface area contributed by atoms with Crippen LogP contribution in [0.3, 0.4) is 0 Å². The number of pyridine rings is 2. The number of methoxy groups -OCH3 is 1. The zero-order valence-electron chi connectivity index (χ0n) is 22.5. The van der Waals surface area contributed by atoms with Crippen LogP contribution in [0.25, 0.3) is 22.5 Å². The summed E-state index contributed by atoms with van der Waals surface area (Å²) in [5.41, 5.74) is 9.40. The van der Waals surface area contributed by atoms with E-state index in [-0.39, 0.29) is 17.4 Å². The van der Waals surface area contributed by atoms with E-state index in [1.807, 2.05) is 31.6 Å². The first-order chi connectivity index (χ1) is 19.5. The van der Waals surface area contributed by atoms with Crippen LogP contribution in [0.5, 0.6) is 11.5 Å². The van der Waals surface area contributed by atoms with Crippen molar-refractivity contribution in [2.24, 2.45) is 5.73 Å². The molecule has 1 fully saturated rings. The van der Waals surface area contributed by atoms with Crippen LogP contribution in [-0.4, -0.2) is 66.4 Å². The minimum atomic E-state index is -0.462. The fourth-order valence-electron chi connectivity index (χ4n) is 5.17. The lowest BCUT2D eigenvalue weighted by atomic mass is 10.0. The molecular formula is C29H31FN8O2. The highest BCUT2D eigenvalue weighted by Gasteiger charge is 2.23. The van der Waals surface area contributed by atoms with Gasteiger partial charge in [0, 0.05) is 67.7 Å². The molecule has 0 radical (unpaired) electrons. The Morgan fingerprint density at radius 2 is 2.00 bits per heavy atom. The minimum absolute atomic E-state index is 0.0880. The molecule has 3 N–H and O–H groups in total. The molecule has 0 aliphatic carbocycles. The molecule has 11 heteroatoms. The standard InChI is InChI=1S/C29H31FN8O2/c1-37-11-12-40-24-13-18(15-34-29(24)37)20-16-33-26(14-22(20)38-10-4-5-19(31)17-38)35-25-8-9-32-28(36-25)27-21(30)6-3-7-23(27)39-2/h3,6-9,13-16,19H,4-5,10-12,17,31H2,1-2H3,(H,32,33,35,36)/t19-/m0/s1. The van der Waals surface area contributed by atoms with Gasteiger partial charge in [0.05, 0.1) is 19.2 Å². The average molecular weight is 543 g/mol. The Morgan fingerprint density at radius 1 is 1.10 bits per heavy atom. The Balaban J connectivity index is 1.36. The normalized spacial score (nSPS) is 16.8. The van der Waals surface area contributed by atoms with Crippen LogP contribution in [0.15, 0.2) is 55.0 Å². The third-order valence-electron chi connectivity index (χ3n) is 7.20. The summed E-state index contributed by atoms with van der Waals surface area (Å²) < 4.78 is 25.9. The summed E-state index contributed by atoms with van der Waals surface area (Å²) in [5, 5.41) is 3.27. The van der Waals surface area contributed by atoms with E-state index in [9.17, 15) is 4.39 Å². The fourth-order valence-corrected chi connectivity index (χ4v) is 5.17. The number of nitrogens with zero attached hydrogens (tertiary/aromatic N) is 6. The highest BCUT2D eigenvalue weighted by molar-refractivity contribution is 5.82. The zero-order chi connectivity index (χ0) is 27.6. The summed E-state index contributed by atoms with van der Waals surface area (Å²) in [6, 6.07) is 10.4. The van der Waals surface area contributed by atoms with Crippen LogP contribution in [0, 0.1) is 5.82 Å². The molecule has 2 aliphatic rings. The van der Waals surface area contributed by atoms with E-state index in [1.165, 1.54) is 13.2 Å². The van der Waals surface area contributed by atoms with Crippen molar-refractivity contribution in [2.45, 2.75) is 18.9 Å². The second-order valence-corrected chi connectivity index (χ2v) is 9.96. The van der Waals surface area contributed by atoms with E-state index in [4.69, 9.17) is 20.2 Å². The molecule has 0 bridgehead atoms. The molecule has 3 aromatic heterocycles. The number of halogens is 1. The smallest absolute Gasteiger partial charge is 0.171 e. The predicted octanol–water partition coefficient (Wildman–Crippen LogP) is 4.25. The number of hydrogen-bond acceptors (Lipinski definition) is 10. The molecule has 1 saturated heterocycles. The van der Waals surface area contributed by atoms with Crippen molar-refractivity contribution in [3.63, 3.8) is 0 Å². The van der Waals surface area contributed by atoms with Gasteiger partial charge in [-0.05, 0) is 37.1 Å².